The van der Waals surface area contributed by atoms with Crippen LogP contribution in [0.3, 0.4) is 0 Å². The summed E-state index contributed by atoms with van der Waals surface area (Å²) in [6.45, 7) is 0.583. The van der Waals surface area contributed by atoms with Crippen LogP contribution in [-0.2, 0) is 16.4 Å². The third-order valence-corrected chi connectivity index (χ3v) is 7.11. The number of hydrogen-bond acceptors (Lipinski definition) is 4. The first-order valence-electron chi connectivity index (χ1n) is 10.7. The summed E-state index contributed by atoms with van der Waals surface area (Å²) in [7, 11) is -2.35. The SMILES string of the molecule is COc1ccc(NS(=O)(=O)c2cccc(C(=O)N3CCCC3Cc3cccc(F)c3)c2)cc1. The van der Waals surface area contributed by atoms with Gasteiger partial charge in [-0.05, 0) is 79.4 Å². The zero-order chi connectivity index (χ0) is 23.4. The van der Waals surface area contributed by atoms with Crippen molar-refractivity contribution in [2.45, 2.75) is 30.2 Å². The topological polar surface area (TPSA) is 75.7 Å². The van der Waals surface area contributed by atoms with Crippen LogP contribution in [0.25, 0.3) is 0 Å². The number of likely N-dealkylation sites (tertiary alicyclic amines) is 1. The van der Waals surface area contributed by atoms with Crippen LogP contribution in [0.1, 0.15) is 28.8 Å². The molecule has 0 aromatic heterocycles. The van der Waals surface area contributed by atoms with Gasteiger partial charge in [-0.15, -0.1) is 0 Å². The molecule has 6 nitrogen and oxygen atoms in total. The molecule has 1 heterocycles. The van der Waals surface area contributed by atoms with Crippen LogP contribution in [-0.4, -0.2) is 38.9 Å². The van der Waals surface area contributed by atoms with E-state index in [1.54, 1.807) is 47.4 Å². The Hall–Kier alpha value is -3.39. The highest BCUT2D eigenvalue weighted by Gasteiger charge is 2.30. The van der Waals surface area contributed by atoms with Crippen molar-refractivity contribution in [1.29, 1.82) is 0 Å². The molecular formula is C25H25FN2O4S. The molecule has 8 heteroatoms. The number of methoxy groups -OCH3 is 1. The number of rotatable bonds is 7. The van der Waals surface area contributed by atoms with Crippen molar-refractivity contribution >= 4 is 21.6 Å². The number of amides is 1. The number of sulfonamides is 1. The molecule has 172 valence electrons. The summed E-state index contributed by atoms with van der Waals surface area (Å²) in [6.07, 6.45) is 2.22. The first kappa shape index (κ1) is 22.8. The smallest absolute Gasteiger partial charge is 0.261 e. The van der Waals surface area contributed by atoms with E-state index in [1.165, 1.54) is 31.4 Å². The molecule has 1 fully saturated rings. The summed E-state index contributed by atoms with van der Waals surface area (Å²) in [6, 6.07) is 18.9. The quantitative estimate of drug-likeness (QED) is 0.555. The van der Waals surface area contributed by atoms with Gasteiger partial charge in [0.25, 0.3) is 15.9 Å². The van der Waals surface area contributed by atoms with E-state index < -0.39 is 10.0 Å². The van der Waals surface area contributed by atoms with Crippen molar-refractivity contribution in [3.8, 4) is 5.75 Å². The van der Waals surface area contributed by atoms with Crippen LogP contribution in [0.5, 0.6) is 5.75 Å². The van der Waals surface area contributed by atoms with Gasteiger partial charge in [0.05, 0.1) is 12.0 Å². The summed E-state index contributed by atoms with van der Waals surface area (Å²) < 4.78 is 46.9. The van der Waals surface area contributed by atoms with Crippen LogP contribution in [0.2, 0.25) is 0 Å². The van der Waals surface area contributed by atoms with E-state index in [0.29, 0.717) is 30.0 Å². The number of hydrogen-bond donors (Lipinski definition) is 1. The van der Waals surface area contributed by atoms with Gasteiger partial charge in [-0.1, -0.05) is 18.2 Å². The molecule has 0 bridgehead atoms. The van der Waals surface area contributed by atoms with Crippen LogP contribution in [0.4, 0.5) is 10.1 Å². The molecule has 4 rings (SSSR count). The maximum absolute atomic E-state index is 13.6. The van der Waals surface area contributed by atoms with E-state index in [-0.39, 0.29) is 22.7 Å². The lowest BCUT2D eigenvalue weighted by molar-refractivity contribution is 0.0736. The lowest BCUT2D eigenvalue weighted by Crippen LogP contribution is -2.36. The van der Waals surface area contributed by atoms with Gasteiger partial charge in [-0.3, -0.25) is 9.52 Å². The second-order valence-electron chi connectivity index (χ2n) is 7.99. The predicted octanol–water partition coefficient (Wildman–Crippen LogP) is 4.48. The minimum Gasteiger partial charge on any atom is -0.497 e. The molecule has 1 aliphatic rings. The van der Waals surface area contributed by atoms with E-state index in [0.717, 1.165) is 18.4 Å². The van der Waals surface area contributed by atoms with E-state index in [4.69, 9.17) is 4.74 Å². The van der Waals surface area contributed by atoms with Crippen molar-refractivity contribution in [2.75, 3.05) is 18.4 Å². The molecular weight excluding hydrogens is 443 g/mol. The molecule has 0 radical (unpaired) electrons. The van der Waals surface area contributed by atoms with Crippen LogP contribution in [0.15, 0.2) is 77.7 Å². The van der Waals surface area contributed by atoms with Crippen molar-refractivity contribution in [3.63, 3.8) is 0 Å². The standard InChI is InChI=1S/C25H25FN2O4S/c1-32-23-12-10-21(11-13-23)27-33(30,31)24-9-3-6-19(17-24)25(29)28-14-4-8-22(28)16-18-5-2-7-20(26)15-18/h2-3,5-7,9-13,15,17,22,27H,4,8,14,16H2,1H3. The van der Waals surface area contributed by atoms with Crippen LogP contribution in [0, 0.1) is 5.82 Å². The molecule has 1 atom stereocenters. The van der Waals surface area contributed by atoms with E-state index in [1.807, 2.05) is 6.07 Å². The maximum atomic E-state index is 13.6. The fourth-order valence-electron chi connectivity index (χ4n) is 4.09. The number of halogens is 1. The van der Waals surface area contributed by atoms with Crippen molar-refractivity contribution in [1.82, 2.24) is 4.90 Å². The molecule has 3 aromatic rings. The molecule has 3 aromatic carbocycles. The maximum Gasteiger partial charge on any atom is 0.261 e. The lowest BCUT2D eigenvalue weighted by Gasteiger charge is -2.25. The van der Waals surface area contributed by atoms with Gasteiger partial charge in [0.15, 0.2) is 0 Å². The summed E-state index contributed by atoms with van der Waals surface area (Å²) >= 11 is 0. The molecule has 1 N–H and O–H groups in total. The minimum atomic E-state index is -3.88. The Morgan fingerprint density at radius 3 is 2.58 bits per heavy atom. The molecule has 0 spiro atoms. The normalized spacial score (nSPS) is 15.9. The van der Waals surface area contributed by atoms with Gasteiger partial charge in [0.2, 0.25) is 0 Å². The largest absolute Gasteiger partial charge is 0.497 e. The Morgan fingerprint density at radius 2 is 1.85 bits per heavy atom. The monoisotopic (exact) mass is 468 g/mol. The first-order valence-corrected chi connectivity index (χ1v) is 12.2. The fraction of sp³-hybridized carbons (Fsp3) is 0.240. The Labute approximate surface area is 193 Å². The third-order valence-electron chi connectivity index (χ3n) is 5.73. The Balaban J connectivity index is 1.51. The van der Waals surface area contributed by atoms with Gasteiger partial charge in [0.1, 0.15) is 11.6 Å². The third kappa shape index (κ3) is 5.34. The first-order chi connectivity index (χ1) is 15.9. The second kappa shape index (κ2) is 9.62. The van der Waals surface area contributed by atoms with Crippen LogP contribution >= 0.6 is 0 Å². The molecule has 1 amide bonds. The molecule has 1 saturated heterocycles. The minimum absolute atomic E-state index is 0.00467. The second-order valence-corrected chi connectivity index (χ2v) is 9.67. The fourth-order valence-corrected chi connectivity index (χ4v) is 5.19. The van der Waals surface area contributed by atoms with E-state index >= 15 is 0 Å². The number of ether oxygens (including phenoxy) is 1. The van der Waals surface area contributed by atoms with Crippen molar-refractivity contribution < 1.29 is 22.3 Å². The van der Waals surface area contributed by atoms with Gasteiger partial charge < -0.3 is 9.64 Å². The number of benzene rings is 3. The molecule has 33 heavy (non-hydrogen) atoms. The lowest BCUT2D eigenvalue weighted by atomic mass is 10.0. The highest BCUT2D eigenvalue weighted by atomic mass is 32.2. The van der Waals surface area contributed by atoms with Crippen molar-refractivity contribution in [2.24, 2.45) is 0 Å². The summed E-state index contributed by atoms with van der Waals surface area (Å²) in [5, 5.41) is 0. The molecule has 0 aliphatic carbocycles. The molecule has 1 aliphatic heterocycles. The Bertz CT molecular complexity index is 1250. The number of carbonyl (C=O) groups excluding carboxylic acids is 1. The summed E-state index contributed by atoms with van der Waals surface area (Å²) in [5.74, 6) is 0.0880. The zero-order valence-corrected chi connectivity index (χ0v) is 19.0. The Morgan fingerprint density at radius 1 is 1.09 bits per heavy atom. The Kier molecular flexibility index (Phi) is 6.65. The summed E-state index contributed by atoms with van der Waals surface area (Å²) in [5.41, 5.74) is 1.53. The van der Waals surface area contributed by atoms with Gasteiger partial charge in [-0.2, -0.15) is 0 Å². The van der Waals surface area contributed by atoms with Crippen LogP contribution < -0.4 is 9.46 Å². The number of carbonyl (C=O) groups is 1. The predicted molar refractivity (Wildman–Crippen MR) is 124 cm³/mol. The van der Waals surface area contributed by atoms with Gasteiger partial charge in [-0.25, -0.2) is 12.8 Å². The number of nitrogens with zero attached hydrogens (tertiary/aromatic N) is 1. The average molecular weight is 469 g/mol. The molecule has 0 saturated carbocycles. The number of anilines is 1. The van der Waals surface area contributed by atoms with Gasteiger partial charge in [0, 0.05) is 23.8 Å². The highest BCUT2D eigenvalue weighted by Crippen LogP contribution is 2.25. The van der Waals surface area contributed by atoms with E-state index in [9.17, 15) is 17.6 Å². The highest BCUT2D eigenvalue weighted by molar-refractivity contribution is 7.92. The molecule has 1 unspecified atom stereocenters. The van der Waals surface area contributed by atoms with Crippen molar-refractivity contribution in [3.05, 3.63) is 89.7 Å². The summed E-state index contributed by atoms with van der Waals surface area (Å²) in [4.78, 5) is 15.0. The van der Waals surface area contributed by atoms with Gasteiger partial charge >= 0.3 is 0 Å². The average Bonchev–Trinajstić information content (AvgIpc) is 3.27. The van der Waals surface area contributed by atoms with E-state index in [2.05, 4.69) is 4.72 Å². The zero-order valence-electron chi connectivity index (χ0n) is 18.2. The number of nitrogens with one attached hydrogen (secondary N) is 1.